The minimum Gasteiger partial charge on any atom is -0.380 e. The number of nitrogens with zero attached hydrogens (tertiary/aromatic N) is 4. The molecule has 0 aliphatic carbocycles. The van der Waals surface area contributed by atoms with Gasteiger partial charge in [0.2, 0.25) is 0 Å². The SMILES string of the molecule is COCc1ccc(N2CCN(c3cnc(C(C)C)nc3)CC2)cc1. The highest BCUT2D eigenvalue weighted by Crippen LogP contribution is 2.21. The summed E-state index contributed by atoms with van der Waals surface area (Å²) in [6.45, 7) is 8.90. The standard InChI is InChI=1S/C19H26N4O/c1-15(2)19-20-12-18(13-21-19)23-10-8-22(9-11-23)17-6-4-16(5-7-17)14-24-3/h4-7,12-13,15H,8-11,14H2,1-3H3. The third-order valence-electron chi connectivity index (χ3n) is 4.43. The van der Waals surface area contributed by atoms with E-state index in [-0.39, 0.29) is 0 Å². The van der Waals surface area contributed by atoms with Crippen molar-refractivity contribution < 1.29 is 4.74 Å². The van der Waals surface area contributed by atoms with Gasteiger partial charge in [0, 0.05) is 44.9 Å². The Kier molecular flexibility index (Phi) is 5.30. The molecule has 0 saturated carbocycles. The lowest BCUT2D eigenvalue weighted by molar-refractivity contribution is 0.185. The fourth-order valence-electron chi connectivity index (χ4n) is 2.99. The molecule has 0 bridgehead atoms. The summed E-state index contributed by atoms with van der Waals surface area (Å²) >= 11 is 0. The summed E-state index contributed by atoms with van der Waals surface area (Å²) in [5.41, 5.74) is 3.61. The fraction of sp³-hybridized carbons (Fsp3) is 0.474. The second kappa shape index (κ2) is 7.62. The molecule has 2 aromatic rings. The molecule has 0 radical (unpaired) electrons. The lowest BCUT2D eigenvalue weighted by Crippen LogP contribution is -2.46. The van der Waals surface area contributed by atoms with E-state index in [1.165, 1.54) is 11.3 Å². The molecule has 0 unspecified atom stereocenters. The van der Waals surface area contributed by atoms with Crippen molar-refractivity contribution >= 4 is 11.4 Å². The highest BCUT2D eigenvalue weighted by molar-refractivity contribution is 5.51. The van der Waals surface area contributed by atoms with Crippen molar-refractivity contribution in [2.75, 3.05) is 43.1 Å². The van der Waals surface area contributed by atoms with Crippen LogP contribution >= 0.6 is 0 Å². The van der Waals surface area contributed by atoms with Crippen LogP contribution < -0.4 is 9.80 Å². The Morgan fingerprint density at radius 2 is 1.46 bits per heavy atom. The van der Waals surface area contributed by atoms with Crippen molar-refractivity contribution in [2.45, 2.75) is 26.4 Å². The predicted octanol–water partition coefficient (Wildman–Crippen LogP) is 3.07. The number of benzene rings is 1. The maximum atomic E-state index is 5.17. The molecular formula is C19H26N4O. The van der Waals surface area contributed by atoms with Crippen LogP contribution in [0.25, 0.3) is 0 Å². The van der Waals surface area contributed by atoms with E-state index < -0.39 is 0 Å². The van der Waals surface area contributed by atoms with E-state index in [1.807, 2.05) is 12.4 Å². The molecule has 1 aliphatic heterocycles. The average molecular weight is 326 g/mol. The molecular weight excluding hydrogens is 300 g/mol. The first-order chi connectivity index (χ1) is 11.7. The minimum atomic E-state index is 0.372. The molecule has 5 nitrogen and oxygen atoms in total. The van der Waals surface area contributed by atoms with Gasteiger partial charge in [0.05, 0.1) is 24.7 Å². The van der Waals surface area contributed by atoms with Crippen molar-refractivity contribution in [2.24, 2.45) is 0 Å². The molecule has 128 valence electrons. The van der Waals surface area contributed by atoms with Crippen LogP contribution in [0.1, 0.15) is 31.2 Å². The van der Waals surface area contributed by atoms with Gasteiger partial charge in [0.15, 0.2) is 0 Å². The Hall–Kier alpha value is -2.14. The first-order valence-electron chi connectivity index (χ1n) is 8.57. The summed E-state index contributed by atoms with van der Waals surface area (Å²) in [6.07, 6.45) is 3.91. The van der Waals surface area contributed by atoms with E-state index in [2.05, 4.69) is 57.9 Å². The number of piperazine rings is 1. The number of aromatic nitrogens is 2. The summed E-state index contributed by atoms with van der Waals surface area (Å²) in [5.74, 6) is 1.28. The zero-order chi connectivity index (χ0) is 16.9. The summed E-state index contributed by atoms with van der Waals surface area (Å²) in [4.78, 5) is 13.7. The molecule has 2 heterocycles. The number of ether oxygens (including phenoxy) is 1. The van der Waals surface area contributed by atoms with Gasteiger partial charge in [-0.1, -0.05) is 26.0 Å². The largest absolute Gasteiger partial charge is 0.380 e. The van der Waals surface area contributed by atoms with Crippen LogP contribution in [-0.4, -0.2) is 43.3 Å². The Balaban J connectivity index is 1.58. The van der Waals surface area contributed by atoms with Gasteiger partial charge in [-0.2, -0.15) is 0 Å². The Labute approximate surface area is 144 Å². The van der Waals surface area contributed by atoms with Crippen LogP contribution in [0.15, 0.2) is 36.7 Å². The Morgan fingerprint density at radius 1 is 0.917 bits per heavy atom. The maximum absolute atomic E-state index is 5.17. The number of methoxy groups -OCH3 is 1. The fourth-order valence-corrected chi connectivity index (χ4v) is 2.99. The van der Waals surface area contributed by atoms with E-state index in [4.69, 9.17) is 4.74 Å². The number of anilines is 2. The summed E-state index contributed by atoms with van der Waals surface area (Å²) in [5, 5.41) is 0. The van der Waals surface area contributed by atoms with Crippen molar-refractivity contribution in [3.05, 3.63) is 48.0 Å². The highest BCUT2D eigenvalue weighted by Gasteiger charge is 2.18. The third-order valence-corrected chi connectivity index (χ3v) is 4.43. The molecule has 0 atom stereocenters. The quantitative estimate of drug-likeness (QED) is 0.844. The summed E-state index contributed by atoms with van der Waals surface area (Å²) in [7, 11) is 1.73. The van der Waals surface area contributed by atoms with Crippen molar-refractivity contribution in [1.29, 1.82) is 0 Å². The van der Waals surface area contributed by atoms with E-state index in [1.54, 1.807) is 7.11 Å². The summed E-state index contributed by atoms with van der Waals surface area (Å²) in [6, 6.07) is 8.66. The molecule has 1 aromatic carbocycles. The van der Waals surface area contributed by atoms with Crippen LogP contribution in [0.5, 0.6) is 0 Å². The molecule has 0 spiro atoms. The van der Waals surface area contributed by atoms with Gasteiger partial charge in [0.1, 0.15) is 5.82 Å². The number of hydrogen-bond donors (Lipinski definition) is 0. The molecule has 1 fully saturated rings. The van der Waals surface area contributed by atoms with Crippen LogP contribution in [0.4, 0.5) is 11.4 Å². The topological polar surface area (TPSA) is 41.5 Å². The molecule has 0 amide bonds. The number of rotatable bonds is 5. The van der Waals surface area contributed by atoms with Gasteiger partial charge in [-0.05, 0) is 17.7 Å². The summed E-state index contributed by atoms with van der Waals surface area (Å²) < 4.78 is 5.17. The van der Waals surface area contributed by atoms with E-state index in [9.17, 15) is 0 Å². The molecule has 24 heavy (non-hydrogen) atoms. The monoisotopic (exact) mass is 326 g/mol. The van der Waals surface area contributed by atoms with Gasteiger partial charge < -0.3 is 14.5 Å². The molecule has 3 rings (SSSR count). The molecule has 1 aromatic heterocycles. The van der Waals surface area contributed by atoms with Crippen LogP contribution in [0, 0.1) is 0 Å². The van der Waals surface area contributed by atoms with E-state index in [0.29, 0.717) is 12.5 Å². The molecule has 5 heteroatoms. The first-order valence-corrected chi connectivity index (χ1v) is 8.57. The van der Waals surface area contributed by atoms with E-state index >= 15 is 0 Å². The van der Waals surface area contributed by atoms with Crippen LogP contribution in [0.3, 0.4) is 0 Å². The second-order valence-electron chi connectivity index (χ2n) is 6.53. The van der Waals surface area contributed by atoms with Crippen molar-refractivity contribution in [3.8, 4) is 0 Å². The van der Waals surface area contributed by atoms with Gasteiger partial charge in [0.25, 0.3) is 0 Å². The van der Waals surface area contributed by atoms with Crippen molar-refractivity contribution in [1.82, 2.24) is 9.97 Å². The molecule has 0 N–H and O–H groups in total. The second-order valence-corrected chi connectivity index (χ2v) is 6.53. The van der Waals surface area contributed by atoms with Gasteiger partial charge in [-0.3, -0.25) is 0 Å². The first kappa shape index (κ1) is 16.7. The van der Waals surface area contributed by atoms with Gasteiger partial charge >= 0.3 is 0 Å². The molecule has 1 saturated heterocycles. The van der Waals surface area contributed by atoms with E-state index in [0.717, 1.165) is 37.7 Å². The number of hydrogen-bond acceptors (Lipinski definition) is 5. The van der Waals surface area contributed by atoms with Gasteiger partial charge in [-0.15, -0.1) is 0 Å². The van der Waals surface area contributed by atoms with Crippen LogP contribution in [-0.2, 0) is 11.3 Å². The minimum absolute atomic E-state index is 0.372. The Bertz CT molecular complexity index is 631. The average Bonchev–Trinajstić information content (AvgIpc) is 2.63. The zero-order valence-electron chi connectivity index (χ0n) is 14.8. The van der Waals surface area contributed by atoms with Gasteiger partial charge in [-0.25, -0.2) is 9.97 Å². The smallest absolute Gasteiger partial charge is 0.130 e. The van der Waals surface area contributed by atoms with Crippen LogP contribution in [0.2, 0.25) is 0 Å². The maximum Gasteiger partial charge on any atom is 0.130 e. The van der Waals surface area contributed by atoms with Crippen molar-refractivity contribution in [3.63, 3.8) is 0 Å². The predicted molar refractivity (Wildman–Crippen MR) is 97.7 cm³/mol. The molecule has 1 aliphatic rings. The highest BCUT2D eigenvalue weighted by atomic mass is 16.5. The lowest BCUT2D eigenvalue weighted by Gasteiger charge is -2.37. The zero-order valence-corrected chi connectivity index (χ0v) is 14.8. The Morgan fingerprint density at radius 3 is 1.96 bits per heavy atom. The third kappa shape index (κ3) is 3.85. The lowest BCUT2D eigenvalue weighted by atomic mass is 10.2. The normalized spacial score (nSPS) is 15.2.